The molecule has 1 aliphatic rings. The van der Waals surface area contributed by atoms with Crippen molar-refractivity contribution in [3.05, 3.63) is 59.7 Å². The zero-order valence-electron chi connectivity index (χ0n) is 16.3. The molecule has 1 amide bonds. The summed E-state index contributed by atoms with van der Waals surface area (Å²) in [5.74, 6) is 2.04. The van der Waals surface area contributed by atoms with Gasteiger partial charge < -0.3 is 14.4 Å². The Morgan fingerprint density at radius 2 is 1.85 bits per heavy atom. The van der Waals surface area contributed by atoms with Crippen molar-refractivity contribution in [2.24, 2.45) is 5.92 Å². The number of amides is 1. The van der Waals surface area contributed by atoms with Crippen molar-refractivity contribution < 1.29 is 14.3 Å². The van der Waals surface area contributed by atoms with Crippen LogP contribution in [0.15, 0.2) is 48.5 Å². The number of ether oxygens (including phenoxy) is 2. The second-order valence-electron chi connectivity index (χ2n) is 7.20. The van der Waals surface area contributed by atoms with Gasteiger partial charge in [0.1, 0.15) is 12.0 Å². The lowest BCUT2D eigenvalue weighted by Crippen LogP contribution is -2.33. The molecule has 1 aliphatic heterocycles. The van der Waals surface area contributed by atoms with Crippen LogP contribution in [0.25, 0.3) is 0 Å². The number of carbonyl (C=O) groups is 1. The van der Waals surface area contributed by atoms with E-state index in [1.165, 1.54) is 0 Å². The van der Waals surface area contributed by atoms with Gasteiger partial charge in [0.2, 0.25) is 5.91 Å². The minimum atomic E-state index is -0.0197. The second kappa shape index (κ2) is 8.70. The molecule has 144 valence electrons. The molecule has 0 aliphatic carbocycles. The summed E-state index contributed by atoms with van der Waals surface area (Å²) in [6, 6.07) is 16.0. The standard InChI is InChI=1S/C22H27NO3S/c1-15(2)13-23-21(24)16(3)27-22(23)18-10-11-19(20(12-18)25-4)26-14-17-8-6-5-7-9-17/h5-12,15-16,22H,13-14H2,1-4H3. The van der Waals surface area contributed by atoms with Crippen LogP contribution >= 0.6 is 11.8 Å². The average Bonchev–Trinajstić information content (AvgIpc) is 2.95. The van der Waals surface area contributed by atoms with Gasteiger partial charge in [-0.2, -0.15) is 0 Å². The van der Waals surface area contributed by atoms with Crippen molar-refractivity contribution >= 4 is 17.7 Å². The molecule has 5 heteroatoms. The van der Waals surface area contributed by atoms with E-state index in [1.807, 2.05) is 60.4 Å². The minimum absolute atomic E-state index is 0.0197. The lowest BCUT2D eigenvalue weighted by atomic mass is 10.1. The summed E-state index contributed by atoms with van der Waals surface area (Å²) >= 11 is 1.69. The molecule has 0 radical (unpaired) electrons. The summed E-state index contributed by atoms with van der Waals surface area (Å²) in [5, 5.41) is 0.000672. The number of hydrogen-bond acceptors (Lipinski definition) is 4. The van der Waals surface area contributed by atoms with Gasteiger partial charge in [-0.25, -0.2) is 0 Å². The van der Waals surface area contributed by atoms with Crippen LogP contribution in [0.2, 0.25) is 0 Å². The van der Waals surface area contributed by atoms with E-state index in [9.17, 15) is 4.79 Å². The smallest absolute Gasteiger partial charge is 0.236 e. The fourth-order valence-electron chi connectivity index (χ4n) is 3.20. The van der Waals surface area contributed by atoms with E-state index in [0.29, 0.717) is 24.0 Å². The molecule has 0 N–H and O–H groups in total. The number of rotatable bonds is 7. The van der Waals surface area contributed by atoms with E-state index in [-0.39, 0.29) is 16.5 Å². The van der Waals surface area contributed by atoms with Crippen molar-refractivity contribution in [3.63, 3.8) is 0 Å². The molecule has 3 rings (SSSR count). The summed E-state index contributed by atoms with van der Waals surface area (Å²) in [6.45, 7) is 7.51. The molecule has 2 aromatic rings. The number of carbonyl (C=O) groups excluding carboxylic acids is 1. The van der Waals surface area contributed by atoms with Crippen molar-refractivity contribution in [2.75, 3.05) is 13.7 Å². The first-order valence-electron chi connectivity index (χ1n) is 9.30. The highest BCUT2D eigenvalue weighted by atomic mass is 32.2. The topological polar surface area (TPSA) is 38.8 Å². The predicted molar refractivity (Wildman–Crippen MR) is 110 cm³/mol. The lowest BCUT2D eigenvalue weighted by Gasteiger charge is -2.26. The van der Waals surface area contributed by atoms with Crippen LogP contribution in [0.4, 0.5) is 0 Å². The molecule has 0 bridgehead atoms. The summed E-state index contributed by atoms with van der Waals surface area (Å²) < 4.78 is 11.5. The lowest BCUT2D eigenvalue weighted by molar-refractivity contribution is -0.130. The maximum absolute atomic E-state index is 12.6. The van der Waals surface area contributed by atoms with Crippen molar-refractivity contribution in [1.82, 2.24) is 4.90 Å². The molecule has 0 saturated carbocycles. The van der Waals surface area contributed by atoms with Gasteiger partial charge in [-0.3, -0.25) is 4.79 Å². The zero-order valence-corrected chi connectivity index (χ0v) is 17.2. The second-order valence-corrected chi connectivity index (χ2v) is 8.63. The molecule has 2 atom stereocenters. The van der Waals surface area contributed by atoms with Gasteiger partial charge >= 0.3 is 0 Å². The SMILES string of the molecule is COc1cc(C2SC(C)C(=O)N2CC(C)C)ccc1OCc1ccccc1. The van der Waals surface area contributed by atoms with Crippen molar-refractivity contribution in [2.45, 2.75) is 38.0 Å². The third-order valence-electron chi connectivity index (χ3n) is 4.52. The molecule has 27 heavy (non-hydrogen) atoms. The van der Waals surface area contributed by atoms with Gasteiger partial charge in [0, 0.05) is 6.54 Å². The van der Waals surface area contributed by atoms with Crippen LogP contribution in [0, 0.1) is 5.92 Å². The van der Waals surface area contributed by atoms with E-state index >= 15 is 0 Å². The minimum Gasteiger partial charge on any atom is -0.493 e. The molecule has 1 fully saturated rings. The van der Waals surface area contributed by atoms with Gasteiger partial charge in [-0.15, -0.1) is 11.8 Å². The molecule has 0 spiro atoms. The van der Waals surface area contributed by atoms with E-state index < -0.39 is 0 Å². The highest BCUT2D eigenvalue weighted by Gasteiger charge is 2.38. The van der Waals surface area contributed by atoms with E-state index in [0.717, 1.165) is 17.7 Å². The van der Waals surface area contributed by atoms with Crippen LogP contribution < -0.4 is 9.47 Å². The number of nitrogens with zero attached hydrogens (tertiary/aromatic N) is 1. The Balaban J connectivity index is 1.79. The highest BCUT2D eigenvalue weighted by Crippen LogP contribution is 2.45. The van der Waals surface area contributed by atoms with Crippen LogP contribution in [-0.4, -0.2) is 29.7 Å². The Morgan fingerprint density at radius 3 is 2.52 bits per heavy atom. The normalized spacial score (nSPS) is 19.6. The first-order valence-corrected chi connectivity index (χ1v) is 10.2. The molecule has 0 aromatic heterocycles. The van der Waals surface area contributed by atoms with Gasteiger partial charge in [-0.05, 0) is 36.1 Å². The maximum Gasteiger partial charge on any atom is 0.236 e. The first kappa shape index (κ1) is 19.6. The number of hydrogen-bond donors (Lipinski definition) is 0. The summed E-state index contributed by atoms with van der Waals surface area (Å²) in [5.41, 5.74) is 2.18. The van der Waals surface area contributed by atoms with Crippen LogP contribution in [0.5, 0.6) is 11.5 Å². The average molecular weight is 386 g/mol. The van der Waals surface area contributed by atoms with E-state index in [2.05, 4.69) is 13.8 Å². The van der Waals surface area contributed by atoms with Gasteiger partial charge in [0.25, 0.3) is 0 Å². The van der Waals surface area contributed by atoms with Crippen LogP contribution in [0.1, 0.15) is 37.3 Å². The Bertz CT molecular complexity index is 778. The monoisotopic (exact) mass is 385 g/mol. The number of methoxy groups -OCH3 is 1. The molecular weight excluding hydrogens is 358 g/mol. The van der Waals surface area contributed by atoms with Crippen molar-refractivity contribution in [1.29, 1.82) is 0 Å². The van der Waals surface area contributed by atoms with Crippen LogP contribution in [-0.2, 0) is 11.4 Å². The third kappa shape index (κ3) is 4.59. The molecular formula is C22H27NO3S. The Kier molecular flexibility index (Phi) is 6.32. The quantitative estimate of drug-likeness (QED) is 0.680. The Morgan fingerprint density at radius 1 is 1.11 bits per heavy atom. The molecule has 2 unspecified atom stereocenters. The third-order valence-corrected chi connectivity index (χ3v) is 5.91. The molecule has 4 nitrogen and oxygen atoms in total. The predicted octanol–water partition coefficient (Wildman–Crippen LogP) is 4.89. The van der Waals surface area contributed by atoms with E-state index in [4.69, 9.17) is 9.47 Å². The summed E-state index contributed by atoms with van der Waals surface area (Å²) in [6.07, 6.45) is 0. The van der Waals surface area contributed by atoms with Crippen molar-refractivity contribution in [3.8, 4) is 11.5 Å². The Hall–Kier alpha value is -2.14. The largest absolute Gasteiger partial charge is 0.493 e. The fourth-order valence-corrected chi connectivity index (χ4v) is 4.48. The maximum atomic E-state index is 12.6. The van der Waals surface area contributed by atoms with Gasteiger partial charge in [0.05, 0.1) is 12.4 Å². The molecule has 1 heterocycles. The van der Waals surface area contributed by atoms with Crippen LogP contribution in [0.3, 0.4) is 0 Å². The number of benzene rings is 2. The number of thioether (sulfide) groups is 1. The van der Waals surface area contributed by atoms with Gasteiger partial charge in [0.15, 0.2) is 11.5 Å². The zero-order chi connectivity index (χ0) is 19.4. The summed E-state index contributed by atoms with van der Waals surface area (Å²) in [7, 11) is 1.65. The highest BCUT2D eigenvalue weighted by molar-refractivity contribution is 8.01. The summed E-state index contributed by atoms with van der Waals surface area (Å²) in [4.78, 5) is 14.5. The fraction of sp³-hybridized carbons (Fsp3) is 0.409. The molecule has 2 aromatic carbocycles. The van der Waals surface area contributed by atoms with E-state index in [1.54, 1.807) is 18.9 Å². The molecule has 1 saturated heterocycles. The Labute approximate surface area is 165 Å². The van der Waals surface area contributed by atoms with Gasteiger partial charge in [-0.1, -0.05) is 50.2 Å². The first-order chi connectivity index (χ1) is 13.0.